The number of pyridine rings is 2. The Hall–Kier alpha value is -6.52. The Balaban J connectivity index is 1.07. The average Bonchev–Trinajstić information content (AvgIpc) is 3.20. The molecule has 0 aliphatic rings. The van der Waals surface area contributed by atoms with Gasteiger partial charge in [0.15, 0.2) is 0 Å². The Morgan fingerprint density at radius 2 is 0.800 bits per heavy atom. The van der Waals surface area contributed by atoms with Crippen molar-refractivity contribution in [2.24, 2.45) is 0 Å². The quantitative estimate of drug-likeness (QED) is 0.138. The van der Waals surface area contributed by atoms with Crippen molar-refractivity contribution in [3.63, 3.8) is 0 Å². The van der Waals surface area contributed by atoms with Gasteiger partial charge in [0.05, 0.1) is 11.4 Å². The number of aromatic nitrogens is 2. The summed E-state index contributed by atoms with van der Waals surface area (Å²) in [6, 6.07) is 56.9. The Morgan fingerprint density at radius 1 is 0.420 bits per heavy atom. The molecule has 0 spiro atoms. The van der Waals surface area contributed by atoms with Crippen molar-refractivity contribution in [1.29, 1.82) is 0 Å². The highest BCUT2D eigenvalue weighted by Crippen LogP contribution is 2.36. The van der Waals surface area contributed by atoms with Crippen LogP contribution >= 0.6 is 0 Å². The molecule has 0 unspecified atom stereocenters. The Bertz CT molecular complexity index is 2130. The summed E-state index contributed by atoms with van der Waals surface area (Å²) in [5.41, 5.74) is 12.7. The van der Waals surface area contributed by atoms with Gasteiger partial charge in [-0.3, -0.25) is 9.97 Å². The third kappa shape index (κ3) is 7.01. The van der Waals surface area contributed by atoms with E-state index in [9.17, 15) is 0 Å². The lowest BCUT2D eigenvalue weighted by Gasteiger charge is -2.26. The number of benzene rings is 5. The summed E-state index contributed by atoms with van der Waals surface area (Å²) in [6.07, 6.45) is 10.2. The van der Waals surface area contributed by atoms with Crippen LogP contribution in [0.5, 0.6) is 0 Å². The van der Waals surface area contributed by atoms with Crippen molar-refractivity contribution in [1.82, 2.24) is 9.97 Å². The lowest BCUT2D eigenvalue weighted by atomic mass is 10.0. The molecule has 50 heavy (non-hydrogen) atoms. The Labute approximate surface area is 295 Å². The lowest BCUT2D eigenvalue weighted by Crippen LogP contribution is -2.14. The molecular formula is C46H38N4. The monoisotopic (exact) mass is 646 g/mol. The molecule has 0 aliphatic heterocycles. The summed E-state index contributed by atoms with van der Waals surface area (Å²) < 4.78 is 0. The van der Waals surface area contributed by atoms with Crippen LogP contribution in [0.15, 0.2) is 200 Å². The van der Waals surface area contributed by atoms with Gasteiger partial charge in [0, 0.05) is 68.8 Å². The first-order chi connectivity index (χ1) is 24.7. The molecular weight excluding hydrogens is 609 g/mol. The van der Waals surface area contributed by atoms with Gasteiger partial charge in [-0.2, -0.15) is 0 Å². The van der Waals surface area contributed by atoms with Crippen LogP contribution in [0.1, 0.15) is 13.8 Å². The molecule has 0 atom stereocenters. The molecule has 2 aromatic heterocycles. The van der Waals surface area contributed by atoms with Gasteiger partial charge in [-0.1, -0.05) is 103 Å². The number of nitrogens with zero attached hydrogens (tertiary/aromatic N) is 4. The summed E-state index contributed by atoms with van der Waals surface area (Å²) in [6.45, 7) is 4.11. The highest BCUT2D eigenvalue weighted by Gasteiger charge is 2.14. The van der Waals surface area contributed by atoms with Crippen molar-refractivity contribution in [3.8, 4) is 33.6 Å². The fourth-order valence-electron chi connectivity index (χ4n) is 6.13. The van der Waals surface area contributed by atoms with Gasteiger partial charge in [0.2, 0.25) is 0 Å². The van der Waals surface area contributed by atoms with Gasteiger partial charge in [0.25, 0.3) is 0 Å². The second-order valence-corrected chi connectivity index (χ2v) is 11.8. The van der Waals surface area contributed by atoms with Crippen LogP contribution in [0.2, 0.25) is 0 Å². The zero-order chi connectivity index (χ0) is 34.1. The summed E-state index contributed by atoms with van der Waals surface area (Å²) in [7, 11) is 0. The molecule has 0 radical (unpaired) electrons. The smallest absolute Gasteiger partial charge is 0.0702 e. The molecule has 0 N–H and O–H groups in total. The van der Waals surface area contributed by atoms with Crippen LogP contribution in [0.4, 0.5) is 28.4 Å². The lowest BCUT2D eigenvalue weighted by molar-refractivity contribution is 1.20. The van der Waals surface area contributed by atoms with Crippen molar-refractivity contribution in [2.75, 3.05) is 9.80 Å². The van der Waals surface area contributed by atoms with Crippen LogP contribution in [0.3, 0.4) is 0 Å². The van der Waals surface area contributed by atoms with Crippen LogP contribution < -0.4 is 9.80 Å². The summed E-state index contributed by atoms with van der Waals surface area (Å²) in [4.78, 5) is 14.2. The first-order valence-corrected chi connectivity index (χ1v) is 16.9. The zero-order valence-corrected chi connectivity index (χ0v) is 28.3. The van der Waals surface area contributed by atoms with Crippen molar-refractivity contribution < 1.29 is 0 Å². The normalized spacial score (nSPS) is 11.4. The molecule has 2 heterocycles. The Morgan fingerprint density at radius 3 is 1.20 bits per heavy atom. The topological polar surface area (TPSA) is 32.3 Å². The fourth-order valence-corrected chi connectivity index (χ4v) is 6.13. The van der Waals surface area contributed by atoms with Gasteiger partial charge in [-0.25, -0.2) is 0 Å². The minimum atomic E-state index is 0.927. The SMILES string of the molecule is CC=CC(=CC)N(c1ccccc1)c1ccc(-c2ccc(-c3ccc(-c4ccc(N(c5ccccc5)c5ccccc5)cc4)nc3)cn2)cc1. The number of allylic oxidation sites excluding steroid dienone is 3. The zero-order valence-electron chi connectivity index (χ0n) is 28.3. The van der Waals surface area contributed by atoms with Gasteiger partial charge in [-0.05, 0) is 92.7 Å². The molecule has 5 aromatic carbocycles. The average molecular weight is 647 g/mol. The maximum Gasteiger partial charge on any atom is 0.0702 e. The second-order valence-electron chi connectivity index (χ2n) is 11.8. The molecule has 242 valence electrons. The van der Waals surface area contributed by atoms with E-state index in [1.165, 1.54) is 0 Å². The first kappa shape index (κ1) is 32.0. The third-order valence-corrected chi connectivity index (χ3v) is 8.64. The van der Waals surface area contributed by atoms with E-state index in [2.05, 4.69) is 181 Å². The number of hydrogen-bond donors (Lipinski definition) is 0. The van der Waals surface area contributed by atoms with Crippen molar-refractivity contribution >= 4 is 28.4 Å². The molecule has 0 saturated carbocycles. The Kier molecular flexibility index (Phi) is 9.70. The molecule has 4 heteroatoms. The van der Waals surface area contributed by atoms with Crippen LogP contribution in [-0.4, -0.2) is 9.97 Å². The minimum absolute atomic E-state index is 0.927. The number of rotatable bonds is 10. The van der Waals surface area contributed by atoms with Crippen LogP contribution in [0, 0.1) is 0 Å². The standard InChI is InChI=1S/C46H38N4/c1-3-14-39(4-2)49(40-15-8-5-9-16-40)43-27-21-35(22-28-43)45-31-25-37(33-47-45)38-26-32-46(48-34-38)36-23-29-44(30-24-36)50(41-17-10-6-11-18-41)42-19-12-7-13-20-42/h3-34H,1-2H3. The van der Waals surface area contributed by atoms with E-state index in [1.807, 2.05) is 37.5 Å². The third-order valence-electron chi connectivity index (χ3n) is 8.64. The number of hydrogen-bond acceptors (Lipinski definition) is 4. The molecule has 7 aromatic rings. The molecule has 4 nitrogen and oxygen atoms in total. The predicted molar refractivity (Wildman–Crippen MR) is 210 cm³/mol. The van der Waals surface area contributed by atoms with Gasteiger partial charge < -0.3 is 9.80 Å². The van der Waals surface area contributed by atoms with E-state index in [0.29, 0.717) is 0 Å². The minimum Gasteiger partial charge on any atom is -0.311 e. The molecule has 0 bridgehead atoms. The molecule has 0 amide bonds. The second kappa shape index (κ2) is 15.1. The molecule has 0 aliphatic carbocycles. The number of anilines is 5. The maximum atomic E-state index is 4.83. The van der Waals surface area contributed by atoms with E-state index in [0.717, 1.165) is 67.8 Å². The van der Waals surface area contributed by atoms with E-state index < -0.39 is 0 Å². The van der Waals surface area contributed by atoms with Gasteiger partial charge in [-0.15, -0.1) is 0 Å². The van der Waals surface area contributed by atoms with E-state index in [1.54, 1.807) is 0 Å². The van der Waals surface area contributed by atoms with E-state index in [-0.39, 0.29) is 0 Å². The molecule has 7 rings (SSSR count). The van der Waals surface area contributed by atoms with Crippen molar-refractivity contribution in [2.45, 2.75) is 13.8 Å². The highest BCUT2D eigenvalue weighted by molar-refractivity contribution is 5.78. The largest absolute Gasteiger partial charge is 0.311 e. The van der Waals surface area contributed by atoms with Crippen molar-refractivity contribution in [3.05, 3.63) is 200 Å². The van der Waals surface area contributed by atoms with E-state index >= 15 is 0 Å². The van der Waals surface area contributed by atoms with Crippen LogP contribution in [0.25, 0.3) is 33.6 Å². The fraction of sp³-hybridized carbons (Fsp3) is 0.0435. The molecule has 0 fully saturated rings. The molecule has 0 saturated heterocycles. The highest BCUT2D eigenvalue weighted by atomic mass is 15.1. The summed E-state index contributed by atoms with van der Waals surface area (Å²) in [5, 5.41) is 0. The van der Waals surface area contributed by atoms with Gasteiger partial charge in [0.1, 0.15) is 0 Å². The van der Waals surface area contributed by atoms with Gasteiger partial charge >= 0.3 is 0 Å². The summed E-state index contributed by atoms with van der Waals surface area (Å²) in [5.74, 6) is 0. The summed E-state index contributed by atoms with van der Waals surface area (Å²) >= 11 is 0. The number of para-hydroxylation sites is 3. The maximum absolute atomic E-state index is 4.83. The van der Waals surface area contributed by atoms with Crippen LogP contribution in [-0.2, 0) is 0 Å². The predicted octanol–water partition coefficient (Wildman–Crippen LogP) is 12.6. The van der Waals surface area contributed by atoms with E-state index in [4.69, 9.17) is 9.97 Å². The first-order valence-electron chi connectivity index (χ1n) is 16.9.